The van der Waals surface area contributed by atoms with Gasteiger partial charge in [-0.25, -0.2) is 0 Å². The third-order valence-electron chi connectivity index (χ3n) is 3.50. The molecule has 0 fully saturated rings. The van der Waals surface area contributed by atoms with Crippen molar-refractivity contribution in [3.63, 3.8) is 0 Å². The second-order valence-corrected chi connectivity index (χ2v) is 5.30. The van der Waals surface area contributed by atoms with E-state index in [1.807, 2.05) is 10.9 Å². The third-order valence-corrected chi connectivity index (χ3v) is 3.50. The number of rotatable bonds is 6. The third kappa shape index (κ3) is 3.38. The number of hydrogen-bond donors (Lipinski definition) is 0. The predicted molar refractivity (Wildman–Crippen MR) is 80.2 cm³/mol. The van der Waals surface area contributed by atoms with E-state index in [-0.39, 0.29) is 0 Å². The molecule has 0 N–H and O–H groups in total. The molecule has 1 aromatic heterocycles. The summed E-state index contributed by atoms with van der Waals surface area (Å²) in [6.45, 7) is 7.31. The number of aromatic nitrogens is 3. The van der Waals surface area contributed by atoms with Crippen molar-refractivity contribution < 1.29 is 4.74 Å². The van der Waals surface area contributed by atoms with E-state index < -0.39 is 0 Å². The maximum Gasteiger partial charge on any atom is 0.122 e. The molecule has 4 nitrogen and oxygen atoms in total. The number of ether oxygens (including phenoxy) is 1. The lowest BCUT2D eigenvalue weighted by atomic mass is 9.97. The van der Waals surface area contributed by atoms with Gasteiger partial charge >= 0.3 is 0 Å². The van der Waals surface area contributed by atoms with E-state index in [1.54, 1.807) is 7.11 Å². The Balaban J connectivity index is 2.07. The molecule has 0 amide bonds. The molecule has 0 bridgehead atoms. The van der Waals surface area contributed by atoms with Gasteiger partial charge in [-0.3, -0.25) is 4.68 Å². The Kier molecular flexibility index (Phi) is 4.77. The van der Waals surface area contributed by atoms with E-state index >= 15 is 0 Å². The fraction of sp³-hybridized carbons (Fsp3) is 0.500. The van der Waals surface area contributed by atoms with Crippen molar-refractivity contribution in [3.05, 3.63) is 41.2 Å². The Morgan fingerprint density at radius 3 is 2.65 bits per heavy atom. The molecular formula is C16H23N3O. The summed E-state index contributed by atoms with van der Waals surface area (Å²) in [6, 6.07) is 6.44. The Bertz CT molecular complexity index is 561. The Morgan fingerprint density at radius 1 is 1.25 bits per heavy atom. The summed E-state index contributed by atoms with van der Waals surface area (Å²) in [6.07, 6.45) is 3.92. The van der Waals surface area contributed by atoms with Crippen LogP contribution in [0.2, 0.25) is 0 Å². The van der Waals surface area contributed by atoms with Crippen molar-refractivity contribution in [2.75, 3.05) is 7.11 Å². The molecule has 1 heterocycles. The molecule has 1 aromatic carbocycles. The molecule has 4 heteroatoms. The van der Waals surface area contributed by atoms with Crippen LogP contribution in [-0.2, 0) is 19.4 Å². The normalized spacial score (nSPS) is 11.1. The summed E-state index contributed by atoms with van der Waals surface area (Å²) in [5.74, 6) is 1.44. The lowest BCUT2D eigenvalue weighted by Crippen LogP contribution is -1.98. The monoisotopic (exact) mass is 273 g/mol. The van der Waals surface area contributed by atoms with Crippen molar-refractivity contribution in [1.29, 1.82) is 0 Å². The fourth-order valence-electron chi connectivity index (χ4n) is 2.27. The highest BCUT2D eigenvalue weighted by molar-refractivity contribution is 5.39. The van der Waals surface area contributed by atoms with Crippen LogP contribution in [0.25, 0.3) is 0 Å². The minimum absolute atomic E-state index is 0.464. The van der Waals surface area contributed by atoms with E-state index in [4.69, 9.17) is 4.74 Å². The molecule has 0 aliphatic carbocycles. The molecule has 0 saturated carbocycles. The average Bonchev–Trinajstić information content (AvgIpc) is 2.92. The van der Waals surface area contributed by atoms with Crippen LogP contribution in [0, 0.1) is 0 Å². The molecule has 108 valence electrons. The Hall–Kier alpha value is -1.84. The highest BCUT2D eigenvalue weighted by Gasteiger charge is 2.09. The van der Waals surface area contributed by atoms with Gasteiger partial charge in [-0.1, -0.05) is 31.2 Å². The number of nitrogens with zero attached hydrogens (tertiary/aromatic N) is 3. The van der Waals surface area contributed by atoms with Crippen molar-refractivity contribution in [2.45, 2.75) is 46.1 Å². The minimum atomic E-state index is 0.464. The lowest BCUT2D eigenvalue weighted by molar-refractivity contribution is 0.407. The summed E-state index contributed by atoms with van der Waals surface area (Å²) < 4.78 is 7.28. The SMILES string of the molecule is CCn1cc(CCc2ccc(OC)c(C(C)C)c2)nn1. The Morgan fingerprint density at radius 2 is 2.05 bits per heavy atom. The van der Waals surface area contributed by atoms with Gasteiger partial charge in [-0.15, -0.1) is 5.10 Å². The predicted octanol–water partition coefficient (Wildman–Crippen LogP) is 3.22. The van der Waals surface area contributed by atoms with Crippen molar-refractivity contribution in [3.8, 4) is 5.75 Å². The second kappa shape index (κ2) is 6.55. The van der Waals surface area contributed by atoms with Gasteiger partial charge in [0.05, 0.1) is 12.8 Å². The smallest absolute Gasteiger partial charge is 0.122 e. The summed E-state index contributed by atoms with van der Waals surface area (Å²) in [5, 5.41) is 8.25. The zero-order valence-electron chi connectivity index (χ0n) is 12.8. The first kappa shape index (κ1) is 14.6. The van der Waals surface area contributed by atoms with Gasteiger partial charge in [0, 0.05) is 12.7 Å². The second-order valence-electron chi connectivity index (χ2n) is 5.30. The summed E-state index contributed by atoms with van der Waals surface area (Å²) >= 11 is 0. The van der Waals surface area contributed by atoms with Crippen molar-refractivity contribution in [1.82, 2.24) is 15.0 Å². The van der Waals surface area contributed by atoms with E-state index in [0.717, 1.165) is 30.8 Å². The molecular weight excluding hydrogens is 250 g/mol. The maximum absolute atomic E-state index is 5.42. The van der Waals surface area contributed by atoms with Crippen LogP contribution in [-0.4, -0.2) is 22.1 Å². The van der Waals surface area contributed by atoms with Gasteiger partial charge in [-0.05, 0) is 42.9 Å². The van der Waals surface area contributed by atoms with E-state index in [0.29, 0.717) is 5.92 Å². The first-order chi connectivity index (χ1) is 9.63. The first-order valence-electron chi connectivity index (χ1n) is 7.19. The molecule has 20 heavy (non-hydrogen) atoms. The van der Waals surface area contributed by atoms with Crippen LogP contribution >= 0.6 is 0 Å². The highest BCUT2D eigenvalue weighted by atomic mass is 16.5. The summed E-state index contributed by atoms with van der Waals surface area (Å²) in [4.78, 5) is 0. The summed E-state index contributed by atoms with van der Waals surface area (Å²) in [5.41, 5.74) is 3.64. The Labute approximate surface area is 120 Å². The van der Waals surface area contributed by atoms with Crippen molar-refractivity contribution >= 4 is 0 Å². The molecule has 0 aliphatic rings. The highest BCUT2D eigenvalue weighted by Crippen LogP contribution is 2.27. The lowest BCUT2D eigenvalue weighted by Gasteiger charge is -2.13. The fourth-order valence-corrected chi connectivity index (χ4v) is 2.27. The van der Waals surface area contributed by atoms with Crippen LogP contribution < -0.4 is 4.74 Å². The summed E-state index contributed by atoms with van der Waals surface area (Å²) in [7, 11) is 1.73. The molecule has 0 spiro atoms. The topological polar surface area (TPSA) is 39.9 Å². The van der Waals surface area contributed by atoms with Crippen LogP contribution in [0.3, 0.4) is 0 Å². The quantitative estimate of drug-likeness (QED) is 0.811. The van der Waals surface area contributed by atoms with Gasteiger partial charge < -0.3 is 4.74 Å². The van der Waals surface area contributed by atoms with Gasteiger partial charge in [0.25, 0.3) is 0 Å². The van der Waals surface area contributed by atoms with E-state index in [9.17, 15) is 0 Å². The molecule has 0 aliphatic heterocycles. The van der Waals surface area contributed by atoms with Crippen LogP contribution in [0.4, 0.5) is 0 Å². The van der Waals surface area contributed by atoms with E-state index in [1.165, 1.54) is 11.1 Å². The molecule has 0 saturated heterocycles. The largest absolute Gasteiger partial charge is 0.496 e. The molecule has 2 rings (SSSR count). The standard InChI is InChI=1S/C16H23N3O/c1-5-19-11-14(17-18-19)8-6-13-7-9-16(20-4)15(10-13)12(2)3/h7,9-12H,5-6,8H2,1-4H3. The first-order valence-corrected chi connectivity index (χ1v) is 7.19. The number of hydrogen-bond acceptors (Lipinski definition) is 3. The molecule has 0 radical (unpaired) electrons. The molecule has 0 unspecified atom stereocenters. The van der Waals surface area contributed by atoms with Crippen molar-refractivity contribution in [2.24, 2.45) is 0 Å². The van der Waals surface area contributed by atoms with Crippen LogP contribution in [0.5, 0.6) is 5.75 Å². The number of methoxy groups -OCH3 is 1. The van der Waals surface area contributed by atoms with Gasteiger partial charge in [0.1, 0.15) is 5.75 Å². The van der Waals surface area contributed by atoms with Crippen LogP contribution in [0.1, 0.15) is 43.5 Å². The molecule has 2 aromatic rings. The molecule has 0 atom stereocenters. The van der Waals surface area contributed by atoms with Gasteiger partial charge in [0.2, 0.25) is 0 Å². The average molecular weight is 273 g/mol. The minimum Gasteiger partial charge on any atom is -0.496 e. The zero-order chi connectivity index (χ0) is 14.5. The zero-order valence-corrected chi connectivity index (χ0v) is 12.8. The number of benzene rings is 1. The maximum atomic E-state index is 5.42. The van der Waals surface area contributed by atoms with E-state index in [2.05, 4.69) is 49.3 Å². The van der Waals surface area contributed by atoms with Gasteiger partial charge in [-0.2, -0.15) is 0 Å². The number of aryl methyl sites for hydroxylation is 3. The van der Waals surface area contributed by atoms with Crippen LogP contribution in [0.15, 0.2) is 24.4 Å². The van der Waals surface area contributed by atoms with Gasteiger partial charge in [0.15, 0.2) is 0 Å².